The summed E-state index contributed by atoms with van der Waals surface area (Å²) in [7, 11) is 0. The van der Waals surface area contributed by atoms with E-state index in [0.29, 0.717) is 6.04 Å². The van der Waals surface area contributed by atoms with Crippen LogP contribution in [0.15, 0.2) is 60.9 Å². The molecule has 3 aromatic rings. The number of benzene rings is 1. The van der Waals surface area contributed by atoms with Gasteiger partial charge in [-0.3, -0.25) is 0 Å². The van der Waals surface area contributed by atoms with Crippen LogP contribution in [0.4, 0.5) is 11.6 Å². The van der Waals surface area contributed by atoms with Crippen molar-refractivity contribution < 1.29 is 0 Å². The molecule has 0 spiro atoms. The van der Waals surface area contributed by atoms with Gasteiger partial charge < -0.3 is 10.2 Å². The molecule has 0 unspecified atom stereocenters. The fourth-order valence-electron chi connectivity index (χ4n) is 3.09. The molecule has 0 atom stereocenters. The molecule has 0 saturated carbocycles. The van der Waals surface area contributed by atoms with Gasteiger partial charge in [0.05, 0.1) is 0 Å². The number of nitrogens with one attached hydrogen (secondary N) is 1. The van der Waals surface area contributed by atoms with Gasteiger partial charge in [0.2, 0.25) is 0 Å². The third-order valence-corrected chi connectivity index (χ3v) is 4.42. The van der Waals surface area contributed by atoms with Crippen LogP contribution in [0.25, 0.3) is 11.4 Å². The van der Waals surface area contributed by atoms with E-state index in [1.807, 2.05) is 54.7 Å². The molecule has 25 heavy (non-hydrogen) atoms. The van der Waals surface area contributed by atoms with Gasteiger partial charge in [0.25, 0.3) is 0 Å². The van der Waals surface area contributed by atoms with Crippen molar-refractivity contribution in [1.82, 2.24) is 20.2 Å². The highest BCUT2D eigenvalue weighted by Gasteiger charge is 2.20. The molecule has 1 aliphatic heterocycles. The molecule has 6 heteroatoms. The van der Waals surface area contributed by atoms with E-state index >= 15 is 0 Å². The summed E-state index contributed by atoms with van der Waals surface area (Å²) in [6, 6.07) is 16.4. The molecule has 1 saturated heterocycles. The summed E-state index contributed by atoms with van der Waals surface area (Å²) in [6.07, 6.45) is 5.62. The second kappa shape index (κ2) is 7.25. The van der Waals surface area contributed by atoms with Crippen molar-refractivity contribution in [3.63, 3.8) is 0 Å². The molecule has 0 aliphatic carbocycles. The summed E-state index contributed by atoms with van der Waals surface area (Å²) >= 11 is 0. The molecule has 126 valence electrons. The van der Waals surface area contributed by atoms with Crippen molar-refractivity contribution in [2.75, 3.05) is 23.3 Å². The van der Waals surface area contributed by atoms with Crippen molar-refractivity contribution in [1.29, 1.82) is 0 Å². The fourth-order valence-corrected chi connectivity index (χ4v) is 3.09. The van der Waals surface area contributed by atoms with Gasteiger partial charge in [-0.05, 0) is 31.0 Å². The van der Waals surface area contributed by atoms with Crippen LogP contribution < -0.4 is 10.2 Å². The van der Waals surface area contributed by atoms with Crippen LogP contribution in [0.5, 0.6) is 0 Å². The van der Waals surface area contributed by atoms with E-state index < -0.39 is 0 Å². The molecule has 1 aromatic carbocycles. The van der Waals surface area contributed by atoms with E-state index in [-0.39, 0.29) is 0 Å². The van der Waals surface area contributed by atoms with Crippen LogP contribution in [0.1, 0.15) is 12.8 Å². The lowest BCUT2D eigenvalue weighted by Crippen LogP contribution is -2.39. The lowest BCUT2D eigenvalue weighted by atomic mass is 10.1. The predicted molar refractivity (Wildman–Crippen MR) is 98.4 cm³/mol. The monoisotopic (exact) mass is 332 g/mol. The third-order valence-electron chi connectivity index (χ3n) is 4.42. The zero-order valence-electron chi connectivity index (χ0n) is 13.9. The molecule has 6 nitrogen and oxygen atoms in total. The van der Waals surface area contributed by atoms with Crippen LogP contribution in [-0.2, 0) is 0 Å². The highest BCUT2D eigenvalue weighted by molar-refractivity contribution is 5.57. The number of hydrogen-bond acceptors (Lipinski definition) is 6. The molecule has 4 rings (SSSR count). The van der Waals surface area contributed by atoms with Gasteiger partial charge in [0, 0.05) is 37.1 Å². The molecule has 1 N–H and O–H groups in total. The summed E-state index contributed by atoms with van der Waals surface area (Å²) in [4.78, 5) is 11.5. The second-order valence-electron chi connectivity index (χ2n) is 6.12. The van der Waals surface area contributed by atoms with Gasteiger partial charge in [0.1, 0.15) is 11.6 Å². The first kappa shape index (κ1) is 15.5. The molecular weight excluding hydrogens is 312 g/mol. The Labute approximate surface area is 147 Å². The Morgan fingerprint density at radius 2 is 1.76 bits per heavy atom. The number of anilines is 2. The number of nitrogens with zero attached hydrogens (tertiary/aromatic N) is 5. The van der Waals surface area contributed by atoms with Gasteiger partial charge in [-0.2, -0.15) is 5.10 Å². The summed E-state index contributed by atoms with van der Waals surface area (Å²) in [6.45, 7) is 1.92. The minimum atomic E-state index is 0.420. The molecule has 2 aromatic heterocycles. The van der Waals surface area contributed by atoms with Crippen molar-refractivity contribution in [2.45, 2.75) is 18.9 Å². The molecular formula is C19H20N6. The zero-order valence-corrected chi connectivity index (χ0v) is 13.9. The SMILES string of the molecule is c1ccc(-c2nccc(N3CCC(Nc4cccnn4)CC3)n2)cc1. The normalized spacial score (nSPS) is 15.1. The highest BCUT2D eigenvalue weighted by atomic mass is 15.2. The van der Waals surface area contributed by atoms with E-state index in [9.17, 15) is 0 Å². The fraction of sp³-hybridized carbons (Fsp3) is 0.263. The van der Waals surface area contributed by atoms with E-state index in [1.54, 1.807) is 6.20 Å². The smallest absolute Gasteiger partial charge is 0.161 e. The van der Waals surface area contributed by atoms with E-state index in [4.69, 9.17) is 4.98 Å². The Morgan fingerprint density at radius 3 is 2.52 bits per heavy atom. The Kier molecular flexibility index (Phi) is 4.50. The van der Waals surface area contributed by atoms with E-state index in [1.165, 1.54) is 0 Å². The van der Waals surface area contributed by atoms with Gasteiger partial charge in [-0.1, -0.05) is 30.3 Å². The second-order valence-corrected chi connectivity index (χ2v) is 6.12. The summed E-state index contributed by atoms with van der Waals surface area (Å²) < 4.78 is 0. The van der Waals surface area contributed by atoms with Gasteiger partial charge in [-0.25, -0.2) is 9.97 Å². The lowest BCUT2D eigenvalue weighted by Gasteiger charge is -2.33. The Bertz CT molecular complexity index is 800. The van der Waals surface area contributed by atoms with Crippen LogP contribution in [0.2, 0.25) is 0 Å². The molecule has 0 amide bonds. The van der Waals surface area contributed by atoms with Gasteiger partial charge in [0.15, 0.2) is 5.82 Å². The van der Waals surface area contributed by atoms with Crippen LogP contribution in [0, 0.1) is 0 Å². The number of aromatic nitrogens is 4. The maximum atomic E-state index is 4.75. The summed E-state index contributed by atoms with van der Waals surface area (Å²) in [5.74, 6) is 2.61. The first-order valence-corrected chi connectivity index (χ1v) is 8.56. The predicted octanol–water partition coefficient (Wildman–Crippen LogP) is 3.01. The van der Waals surface area contributed by atoms with Crippen molar-refractivity contribution in [2.24, 2.45) is 0 Å². The zero-order chi connectivity index (χ0) is 16.9. The van der Waals surface area contributed by atoms with Crippen LogP contribution in [-0.4, -0.2) is 39.3 Å². The molecule has 0 bridgehead atoms. The maximum Gasteiger partial charge on any atom is 0.161 e. The van der Waals surface area contributed by atoms with E-state index in [0.717, 1.165) is 49.0 Å². The number of piperidine rings is 1. The number of hydrogen-bond donors (Lipinski definition) is 1. The standard InChI is InChI=1S/C19H20N6/c1-2-5-15(6-3-1)19-20-12-8-18(23-19)25-13-9-16(10-14-25)22-17-7-4-11-21-24-17/h1-8,11-12,16H,9-10,13-14H2,(H,22,24). The largest absolute Gasteiger partial charge is 0.366 e. The van der Waals surface area contributed by atoms with Crippen molar-refractivity contribution in [3.8, 4) is 11.4 Å². The average molecular weight is 332 g/mol. The van der Waals surface area contributed by atoms with E-state index in [2.05, 4.69) is 25.4 Å². The maximum absolute atomic E-state index is 4.75. The molecule has 0 radical (unpaired) electrons. The van der Waals surface area contributed by atoms with Crippen molar-refractivity contribution in [3.05, 3.63) is 60.9 Å². The number of rotatable bonds is 4. The van der Waals surface area contributed by atoms with Crippen molar-refractivity contribution >= 4 is 11.6 Å². The van der Waals surface area contributed by atoms with Crippen LogP contribution in [0.3, 0.4) is 0 Å². The summed E-state index contributed by atoms with van der Waals surface area (Å²) in [5, 5.41) is 11.5. The third kappa shape index (κ3) is 3.74. The first-order chi connectivity index (χ1) is 12.4. The van der Waals surface area contributed by atoms with Crippen LogP contribution >= 0.6 is 0 Å². The Morgan fingerprint density at radius 1 is 0.920 bits per heavy atom. The average Bonchev–Trinajstić information content (AvgIpc) is 2.70. The quantitative estimate of drug-likeness (QED) is 0.792. The Hall–Kier alpha value is -3.02. The molecule has 1 fully saturated rings. The first-order valence-electron chi connectivity index (χ1n) is 8.56. The lowest BCUT2D eigenvalue weighted by molar-refractivity contribution is 0.522. The topological polar surface area (TPSA) is 66.8 Å². The van der Waals surface area contributed by atoms with Gasteiger partial charge in [-0.15, -0.1) is 5.10 Å². The van der Waals surface area contributed by atoms with Gasteiger partial charge >= 0.3 is 0 Å². The minimum absolute atomic E-state index is 0.420. The highest BCUT2D eigenvalue weighted by Crippen LogP contribution is 2.22. The summed E-state index contributed by atoms with van der Waals surface area (Å²) in [5.41, 5.74) is 1.04. The molecule has 1 aliphatic rings. The minimum Gasteiger partial charge on any atom is -0.366 e. The Balaban J connectivity index is 1.41. The molecule has 3 heterocycles.